The second-order valence-electron chi connectivity index (χ2n) is 3.83. The second-order valence-corrected chi connectivity index (χ2v) is 3.83. The quantitative estimate of drug-likeness (QED) is 0.442. The van der Waals surface area contributed by atoms with Crippen molar-refractivity contribution in [3.63, 3.8) is 0 Å². The van der Waals surface area contributed by atoms with Crippen molar-refractivity contribution in [1.29, 1.82) is 0 Å². The Balaban J connectivity index is 2.24. The molecule has 1 aromatic carbocycles. The second kappa shape index (κ2) is 8.44. The van der Waals surface area contributed by atoms with Gasteiger partial charge in [-0.25, -0.2) is 9.18 Å². The van der Waals surface area contributed by atoms with E-state index in [1.54, 1.807) is 7.11 Å². The third kappa shape index (κ3) is 5.67. The number of halogens is 1. The molecule has 106 valence electrons. The number of nitrogen functional groups attached to an aromatic ring is 1. The lowest BCUT2D eigenvalue weighted by atomic mass is 10.2. The summed E-state index contributed by atoms with van der Waals surface area (Å²) in [4.78, 5) is 11.5. The molecule has 0 fully saturated rings. The van der Waals surface area contributed by atoms with Gasteiger partial charge in [-0.05, 0) is 24.6 Å². The van der Waals surface area contributed by atoms with Crippen LogP contribution in [0.5, 0.6) is 0 Å². The van der Waals surface area contributed by atoms with Crippen molar-refractivity contribution in [3.8, 4) is 0 Å². The molecule has 0 unspecified atom stereocenters. The number of hydrogen-bond donors (Lipinski definition) is 1. The smallest absolute Gasteiger partial charge is 0.341 e. The summed E-state index contributed by atoms with van der Waals surface area (Å²) in [5.41, 5.74) is 5.51. The SMILES string of the molecule is COCCCOCCOC(=O)c1ccc(N)cc1F. The molecular weight excluding hydrogens is 253 g/mol. The summed E-state index contributed by atoms with van der Waals surface area (Å²) in [6.45, 7) is 1.50. The number of carbonyl (C=O) groups is 1. The van der Waals surface area contributed by atoms with Crippen LogP contribution in [-0.4, -0.2) is 39.5 Å². The summed E-state index contributed by atoms with van der Waals surface area (Å²) in [7, 11) is 1.61. The van der Waals surface area contributed by atoms with Gasteiger partial charge in [0.25, 0.3) is 0 Å². The predicted molar refractivity (Wildman–Crippen MR) is 68.4 cm³/mol. The fourth-order valence-electron chi connectivity index (χ4n) is 1.38. The van der Waals surface area contributed by atoms with Crippen molar-refractivity contribution in [2.45, 2.75) is 6.42 Å². The summed E-state index contributed by atoms with van der Waals surface area (Å²) in [6, 6.07) is 3.82. The average Bonchev–Trinajstić information content (AvgIpc) is 2.37. The molecule has 19 heavy (non-hydrogen) atoms. The van der Waals surface area contributed by atoms with Crippen LogP contribution in [0, 0.1) is 5.82 Å². The predicted octanol–water partition coefficient (Wildman–Crippen LogP) is 1.62. The monoisotopic (exact) mass is 271 g/mol. The van der Waals surface area contributed by atoms with E-state index >= 15 is 0 Å². The molecule has 0 saturated heterocycles. The molecule has 0 aliphatic carbocycles. The minimum Gasteiger partial charge on any atom is -0.460 e. The molecule has 0 heterocycles. The molecule has 0 saturated carbocycles. The molecule has 5 nitrogen and oxygen atoms in total. The van der Waals surface area contributed by atoms with E-state index in [9.17, 15) is 9.18 Å². The van der Waals surface area contributed by atoms with Crippen LogP contribution in [0.2, 0.25) is 0 Å². The van der Waals surface area contributed by atoms with Gasteiger partial charge in [-0.1, -0.05) is 0 Å². The molecule has 0 aromatic heterocycles. The van der Waals surface area contributed by atoms with Gasteiger partial charge in [-0.2, -0.15) is 0 Å². The lowest BCUT2D eigenvalue weighted by Crippen LogP contribution is -2.13. The highest BCUT2D eigenvalue weighted by atomic mass is 19.1. The Kier molecular flexibility index (Phi) is 6.84. The van der Waals surface area contributed by atoms with Crippen molar-refractivity contribution >= 4 is 11.7 Å². The van der Waals surface area contributed by atoms with E-state index in [0.717, 1.165) is 12.5 Å². The summed E-state index contributed by atoms with van der Waals surface area (Å²) < 4.78 is 28.3. The van der Waals surface area contributed by atoms with Crippen molar-refractivity contribution in [2.75, 3.05) is 39.3 Å². The van der Waals surface area contributed by atoms with Crippen LogP contribution in [-0.2, 0) is 14.2 Å². The number of rotatable bonds is 8. The van der Waals surface area contributed by atoms with Gasteiger partial charge in [0.2, 0.25) is 0 Å². The van der Waals surface area contributed by atoms with Crippen LogP contribution in [0.4, 0.5) is 10.1 Å². The van der Waals surface area contributed by atoms with Crippen LogP contribution in [0.15, 0.2) is 18.2 Å². The van der Waals surface area contributed by atoms with Crippen LogP contribution in [0.1, 0.15) is 16.8 Å². The topological polar surface area (TPSA) is 70.8 Å². The Bertz CT molecular complexity index is 412. The van der Waals surface area contributed by atoms with Crippen LogP contribution in [0.3, 0.4) is 0 Å². The van der Waals surface area contributed by atoms with E-state index < -0.39 is 11.8 Å². The summed E-state index contributed by atoms with van der Waals surface area (Å²) >= 11 is 0. The van der Waals surface area contributed by atoms with Gasteiger partial charge in [0, 0.05) is 26.0 Å². The number of anilines is 1. The Morgan fingerprint density at radius 3 is 2.74 bits per heavy atom. The van der Waals surface area contributed by atoms with E-state index in [-0.39, 0.29) is 24.5 Å². The van der Waals surface area contributed by atoms with Crippen LogP contribution >= 0.6 is 0 Å². The number of carbonyl (C=O) groups excluding carboxylic acids is 1. The molecule has 6 heteroatoms. The van der Waals surface area contributed by atoms with Gasteiger partial charge in [0.05, 0.1) is 12.2 Å². The number of ether oxygens (including phenoxy) is 3. The molecule has 0 atom stereocenters. The molecule has 0 bridgehead atoms. The van der Waals surface area contributed by atoms with Gasteiger partial charge in [0.15, 0.2) is 0 Å². The zero-order chi connectivity index (χ0) is 14.1. The molecule has 2 N–H and O–H groups in total. The maximum absolute atomic E-state index is 13.4. The van der Waals surface area contributed by atoms with Crippen LogP contribution < -0.4 is 5.73 Å². The summed E-state index contributed by atoms with van der Waals surface area (Å²) in [5, 5.41) is 0. The number of nitrogens with two attached hydrogens (primary N) is 1. The van der Waals surface area contributed by atoms with Gasteiger partial charge in [-0.15, -0.1) is 0 Å². The van der Waals surface area contributed by atoms with Gasteiger partial charge >= 0.3 is 5.97 Å². The van der Waals surface area contributed by atoms with Gasteiger partial charge in [0.1, 0.15) is 12.4 Å². The lowest BCUT2D eigenvalue weighted by molar-refractivity contribution is 0.0284. The van der Waals surface area contributed by atoms with Crippen molar-refractivity contribution in [3.05, 3.63) is 29.6 Å². The normalized spacial score (nSPS) is 10.4. The maximum atomic E-state index is 13.4. The number of methoxy groups -OCH3 is 1. The molecular formula is C13H18FNO4. The number of benzene rings is 1. The molecule has 0 radical (unpaired) electrons. The molecule has 0 aliphatic heterocycles. The van der Waals surface area contributed by atoms with E-state index in [2.05, 4.69) is 0 Å². The number of esters is 1. The first-order chi connectivity index (χ1) is 9.15. The van der Waals surface area contributed by atoms with Crippen LogP contribution in [0.25, 0.3) is 0 Å². The largest absolute Gasteiger partial charge is 0.460 e. The highest BCUT2D eigenvalue weighted by Gasteiger charge is 2.12. The molecule has 1 rings (SSSR count). The van der Waals surface area contributed by atoms with Crippen molar-refractivity contribution in [2.24, 2.45) is 0 Å². The van der Waals surface area contributed by atoms with E-state index in [1.165, 1.54) is 12.1 Å². The highest BCUT2D eigenvalue weighted by Crippen LogP contribution is 2.12. The van der Waals surface area contributed by atoms with Crippen molar-refractivity contribution in [1.82, 2.24) is 0 Å². The molecule has 0 amide bonds. The van der Waals surface area contributed by atoms with E-state index in [0.29, 0.717) is 13.2 Å². The zero-order valence-electron chi connectivity index (χ0n) is 10.9. The third-order valence-electron chi connectivity index (χ3n) is 2.31. The Labute approximate surface area is 111 Å². The molecule has 1 aromatic rings. The minimum absolute atomic E-state index is 0.0790. The molecule has 0 aliphatic rings. The third-order valence-corrected chi connectivity index (χ3v) is 2.31. The Hall–Kier alpha value is -1.66. The average molecular weight is 271 g/mol. The van der Waals surface area contributed by atoms with Crippen molar-refractivity contribution < 1.29 is 23.4 Å². The van der Waals surface area contributed by atoms with E-state index in [1.807, 2.05) is 0 Å². The lowest BCUT2D eigenvalue weighted by Gasteiger charge is -2.07. The Morgan fingerprint density at radius 1 is 1.26 bits per heavy atom. The Morgan fingerprint density at radius 2 is 2.05 bits per heavy atom. The number of hydrogen-bond acceptors (Lipinski definition) is 5. The molecule has 0 spiro atoms. The fraction of sp³-hybridized carbons (Fsp3) is 0.462. The van der Waals surface area contributed by atoms with Gasteiger partial charge in [-0.3, -0.25) is 0 Å². The maximum Gasteiger partial charge on any atom is 0.341 e. The first-order valence-corrected chi connectivity index (χ1v) is 5.94. The fourth-order valence-corrected chi connectivity index (χ4v) is 1.38. The standard InChI is InChI=1S/C13H18FNO4/c1-17-5-2-6-18-7-8-19-13(16)11-4-3-10(15)9-12(11)14/h3-4,9H,2,5-8,15H2,1H3. The summed E-state index contributed by atoms with van der Waals surface area (Å²) in [6.07, 6.45) is 0.775. The first-order valence-electron chi connectivity index (χ1n) is 5.94. The van der Waals surface area contributed by atoms with E-state index in [4.69, 9.17) is 19.9 Å². The zero-order valence-corrected chi connectivity index (χ0v) is 10.9. The highest BCUT2D eigenvalue weighted by molar-refractivity contribution is 5.90. The first kappa shape index (κ1) is 15.4. The van der Waals surface area contributed by atoms with Gasteiger partial charge < -0.3 is 19.9 Å². The summed E-state index contributed by atoms with van der Waals surface area (Å²) in [5.74, 6) is -1.41. The minimum atomic E-state index is -0.724.